The molecule has 2 saturated heterocycles. The Hall–Kier alpha value is -1.22. The number of nitrogens with one attached hydrogen (secondary N) is 2. The molecule has 27 heavy (non-hydrogen) atoms. The lowest BCUT2D eigenvalue weighted by molar-refractivity contribution is -0.908. The molecule has 6 nitrogen and oxygen atoms in total. The van der Waals surface area contributed by atoms with E-state index in [-0.39, 0.29) is 17.5 Å². The minimum Gasteiger partial charge on any atom is -0.370 e. The van der Waals surface area contributed by atoms with Crippen LogP contribution in [-0.4, -0.2) is 75.4 Å². The zero-order valence-electron chi connectivity index (χ0n) is 15.7. The van der Waals surface area contributed by atoms with E-state index in [2.05, 4.69) is 22.3 Å². The van der Waals surface area contributed by atoms with Gasteiger partial charge in [-0.1, -0.05) is 30.3 Å². The van der Waals surface area contributed by atoms with Crippen LogP contribution in [0.25, 0.3) is 0 Å². The first-order chi connectivity index (χ1) is 13.0. The molecular weight excluding hydrogens is 382 g/mol. The summed E-state index contributed by atoms with van der Waals surface area (Å²) < 4.78 is 29.3. The Balaban J connectivity index is 1.55. The minimum absolute atomic E-state index is 0.00883. The Kier molecular flexibility index (Phi) is 7.46. The number of quaternary nitrogens is 1. The lowest BCUT2D eigenvalue weighted by Crippen LogP contribution is -3.14. The van der Waals surface area contributed by atoms with Crippen molar-refractivity contribution in [1.29, 1.82) is 0 Å². The highest BCUT2D eigenvalue weighted by atomic mass is 32.2. The average molecular weight is 413 g/mol. The number of thiocarbonyl (C=S) groups is 1. The molecule has 2 aliphatic heterocycles. The second kappa shape index (κ2) is 9.82. The van der Waals surface area contributed by atoms with E-state index < -0.39 is 9.84 Å². The first kappa shape index (κ1) is 20.5. The number of morpholine rings is 1. The predicted octanol–water partition coefficient (Wildman–Crippen LogP) is -0.145. The van der Waals surface area contributed by atoms with Gasteiger partial charge < -0.3 is 19.9 Å². The number of ether oxygens (including phenoxy) is 1. The quantitative estimate of drug-likeness (QED) is 0.608. The second-order valence-corrected chi connectivity index (χ2v) is 9.98. The predicted molar refractivity (Wildman–Crippen MR) is 111 cm³/mol. The van der Waals surface area contributed by atoms with Crippen molar-refractivity contribution < 1.29 is 18.1 Å². The van der Waals surface area contributed by atoms with Crippen molar-refractivity contribution in [2.24, 2.45) is 0 Å². The molecule has 0 spiro atoms. The fraction of sp³-hybridized carbons (Fsp3) is 0.632. The molecule has 2 fully saturated rings. The van der Waals surface area contributed by atoms with E-state index in [0.29, 0.717) is 18.1 Å². The fourth-order valence-corrected chi connectivity index (χ4v) is 5.80. The molecule has 2 aliphatic rings. The van der Waals surface area contributed by atoms with Gasteiger partial charge in [0.1, 0.15) is 13.1 Å². The van der Waals surface area contributed by atoms with Crippen LogP contribution in [0, 0.1) is 0 Å². The summed E-state index contributed by atoms with van der Waals surface area (Å²) >= 11 is 5.65. The molecule has 1 atom stereocenters. The zero-order valence-corrected chi connectivity index (χ0v) is 17.4. The van der Waals surface area contributed by atoms with Gasteiger partial charge in [-0.25, -0.2) is 8.42 Å². The van der Waals surface area contributed by atoms with Crippen LogP contribution in [0.1, 0.15) is 18.4 Å². The van der Waals surface area contributed by atoms with Crippen molar-refractivity contribution in [2.45, 2.75) is 25.4 Å². The molecule has 2 heterocycles. The molecule has 1 aromatic rings. The number of rotatable bonds is 7. The van der Waals surface area contributed by atoms with Crippen LogP contribution in [0.2, 0.25) is 0 Å². The highest BCUT2D eigenvalue weighted by Crippen LogP contribution is 2.18. The van der Waals surface area contributed by atoms with Crippen molar-refractivity contribution >= 4 is 27.2 Å². The molecule has 0 radical (unpaired) electrons. The summed E-state index contributed by atoms with van der Waals surface area (Å²) in [6.45, 7) is 6.28. The van der Waals surface area contributed by atoms with Crippen LogP contribution < -0.4 is 10.2 Å². The van der Waals surface area contributed by atoms with Gasteiger partial charge in [-0.15, -0.1) is 0 Å². The van der Waals surface area contributed by atoms with Gasteiger partial charge in [-0.3, -0.25) is 0 Å². The third-order valence-corrected chi connectivity index (χ3v) is 7.46. The molecule has 1 aromatic carbocycles. The van der Waals surface area contributed by atoms with Crippen molar-refractivity contribution in [3.8, 4) is 0 Å². The maximum absolute atomic E-state index is 12.0. The Morgan fingerprint density at radius 1 is 1.26 bits per heavy atom. The Labute approximate surface area is 167 Å². The molecule has 8 heteroatoms. The van der Waals surface area contributed by atoms with E-state index in [1.807, 2.05) is 18.2 Å². The largest absolute Gasteiger partial charge is 0.370 e. The summed E-state index contributed by atoms with van der Waals surface area (Å²) in [7, 11) is -2.94. The maximum atomic E-state index is 12.0. The lowest BCUT2D eigenvalue weighted by Gasteiger charge is -2.32. The van der Waals surface area contributed by atoms with E-state index in [9.17, 15) is 8.42 Å². The highest BCUT2D eigenvalue weighted by molar-refractivity contribution is 7.91. The van der Waals surface area contributed by atoms with Crippen molar-refractivity contribution in [3.63, 3.8) is 0 Å². The van der Waals surface area contributed by atoms with E-state index in [0.717, 1.165) is 51.4 Å². The maximum Gasteiger partial charge on any atom is 0.169 e. The van der Waals surface area contributed by atoms with Gasteiger partial charge in [0, 0.05) is 25.6 Å². The zero-order chi connectivity index (χ0) is 19.1. The number of hydrogen-bond donors (Lipinski definition) is 2. The molecular formula is C19H30N3O3S2+. The Morgan fingerprint density at radius 3 is 2.67 bits per heavy atom. The van der Waals surface area contributed by atoms with Crippen LogP contribution in [-0.2, 0) is 21.1 Å². The lowest BCUT2D eigenvalue weighted by atomic mass is 10.2. The topological polar surface area (TPSA) is 63.1 Å². The molecule has 0 saturated carbocycles. The number of hydrogen-bond acceptors (Lipinski definition) is 4. The van der Waals surface area contributed by atoms with Crippen molar-refractivity contribution in [3.05, 3.63) is 35.9 Å². The van der Waals surface area contributed by atoms with Gasteiger partial charge in [-0.2, -0.15) is 0 Å². The SMILES string of the molecule is O=S1(=O)CC[C@@H](N(CCC[NH+]2CCOCC2)C(=S)NCc2ccccc2)C1. The van der Waals surface area contributed by atoms with Crippen molar-refractivity contribution in [2.75, 3.05) is 50.9 Å². The van der Waals surface area contributed by atoms with E-state index in [1.165, 1.54) is 0 Å². The van der Waals surface area contributed by atoms with Gasteiger partial charge in [0.05, 0.1) is 31.3 Å². The normalized spacial score (nSPS) is 22.4. The molecule has 0 aliphatic carbocycles. The monoisotopic (exact) mass is 412 g/mol. The van der Waals surface area contributed by atoms with Crippen LogP contribution in [0.4, 0.5) is 0 Å². The van der Waals surface area contributed by atoms with Crippen LogP contribution in [0.3, 0.4) is 0 Å². The van der Waals surface area contributed by atoms with Crippen LogP contribution in [0.5, 0.6) is 0 Å². The average Bonchev–Trinajstić information content (AvgIpc) is 3.04. The van der Waals surface area contributed by atoms with Gasteiger partial charge in [0.25, 0.3) is 0 Å². The summed E-state index contributed by atoms with van der Waals surface area (Å²) in [6.07, 6.45) is 1.67. The minimum atomic E-state index is -2.94. The number of benzene rings is 1. The molecule has 0 bridgehead atoms. The van der Waals surface area contributed by atoms with E-state index in [4.69, 9.17) is 17.0 Å². The summed E-state index contributed by atoms with van der Waals surface area (Å²) in [5.74, 6) is 0.481. The third-order valence-electron chi connectivity index (χ3n) is 5.33. The van der Waals surface area contributed by atoms with E-state index >= 15 is 0 Å². The van der Waals surface area contributed by atoms with Gasteiger partial charge in [0.15, 0.2) is 14.9 Å². The van der Waals surface area contributed by atoms with Crippen LogP contribution >= 0.6 is 12.2 Å². The Morgan fingerprint density at radius 2 is 2.00 bits per heavy atom. The molecule has 0 amide bonds. The summed E-state index contributed by atoms with van der Waals surface area (Å²) in [4.78, 5) is 3.67. The van der Waals surface area contributed by atoms with Gasteiger partial charge in [0.2, 0.25) is 0 Å². The van der Waals surface area contributed by atoms with Crippen LogP contribution in [0.15, 0.2) is 30.3 Å². The molecule has 0 aromatic heterocycles. The Bertz CT molecular complexity index is 706. The highest BCUT2D eigenvalue weighted by Gasteiger charge is 2.33. The first-order valence-corrected chi connectivity index (χ1v) is 12.0. The second-order valence-electron chi connectivity index (χ2n) is 7.36. The number of sulfone groups is 1. The van der Waals surface area contributed by atoms with E-state index in [1.54, 1.807) is 4.90 Å². The molecule has 0 unspecified atom stereocenters. The third kappa shape index (κ3) is 6.41. The first-order valence-electron chi connectivity index (χ1n) is 9.74. The van der Waals surface area contributed by atoms with Gasteiger partial charge in [-0.05, 0) is 24.2 Å². The molecule has 150 valence electrons. The smallest absolute Gasteiger partial charge is 0.169 e. The standard InChI is InChI=1S/C19H29N3O3S2/c23-27(24)14-7-18(16-27)22(9-4-8-21-10-12-25-13-11-21)19(26)20-15-17-5-2-1-3-6-17/h1-3,5-6,18H,4,7-16H2,(H,20,26)/p+1/t18-/m1/s1. The van der Waals surface area contributed by atoms with Crippen molar-refractivity contribution in [1.82, 2.24) is 10.2 Å². The molecule has 2 N–H and O–H groups in total. The number of nitrogens with zero attached hydrogens (tertiary/aromatic N) is 1. The van der Waals surface area contributed by atoms with Gasteiger partial charge >= 0.3 is 0 Å². The summed E-state index contributed by atoms with van der Waals surface area (Å²) in [5, 5.41) is 3.99. The summed E-state index contributed by atoms with van der Waals surface area (Å²) in [6, 6.07) is 10.1. The summed E-state index contributed by atoms with van der Waals surface area (Å²) in [5.41, 5.74) is 1.16. The fourth-order valence-electron chi connectivity index (χ4n) is 3.76. The molecule has 3 rings (SSSR count).